The molecule has 1 aliphatic heterocycles. The maximum Gasteiger partial charge on any atom is 0.288 e. The molecule has 0 saturated carbocycles. The lowest BCUT2D eigenvalue weighted by Crippen LogP contribution is -2.50. The Morgan fingerprint density at radius 1 is 1.14 bits per heavy atom. The van der Waals surface area contributed by atoms with Crippen LogP contribution in [0, 0.1) is 23.3 Å². The molecule has 1 aromatic rings. The molecule has 0 aromatic heterocycles. The van der Waals surface area contributed by atoms with Gasteiger partial charge in [-0.1, -0.05) is 5.11 Å². The van der Waals surface area contributed by atoms with E-state index < -0.39 is 74.3 Å². The molecule has 1 aliphatic rings. The summed E-state index contributed by atoms with van der Waals surface area (Å²) >= 11 is 0. The third-order valence-electron chi connectivity index (χ3n) is 3.77. The molecule has 0 aliphatic carbocycles. The van der Waals surface area contributed by atoms with Crippen molar-refractivity contribution in [3.63, 3.8) is 0 Å². The Bertz CT molecular complexity index is 1060. The van der Waals surface area contributed by atoms with E-state index in [4.69, 9.17) is 5.53 Å². The van der Waals surface area contributed by atoms with E-state index in [2.05, 4.69) is 10.0 Å². The van der Waals surface area contributed by atoms with Gasteiger partial charge in [-0.05, 0) is 5.53 Å². The van der Waals surface area contributed by atoms with Crippen molar-refractivity contribution in [1.29, 1.82) is 0 Å². The first-order valence-corrected chi connectivity index (χ1v) is 8.92. The average Bonchev–Trinajstić information content (AvgIpc) is 2.96. The number of nitrogens with zero attached hydrogens (tertiary/aromatic N) is 4. The molecule has 1 fully saturated rings. The molecule has 16 heteroatoms. The van der Waals surface area contributed by atoms with Crippen molar-refractivity contribution in [2.75, 3.05) is 6.54 Å². The van der Waals surface area contributed by atoms with E-state index in [1.165, 1.54) is 0 Å². The maximum absolute atomic E-state index is 13.9. The number of imide groups is 1. The van der Waals surface area contributed by atoms with Crippen molar-refractivity contribution in [3.8, 4) is 0 Å². The second-order valence-electron chi connectivity index (χ2n) is 5.51. The first-order chi connectivity index (χ1) is 13.4. The zero-order valence-corrected chi connectivity index (χ0v) is 14.7. The minimum atomic E-state index is -5.16. The molecule has 2 rings (SSSR count). The highest BCUT2D eigenvalue weighted by atomic mass is 32.2. The van der Waals surface area contributed by atoms with Crippen LogP contribution in [0.2, 0.25) is 0 Å². The number of likely N-dealkylation sites (tertiary alicyclic amines) is 1. The van der Waals surface area contributed by atoms with Crippen molar-refractivity contribution in [2.45, 2.75) is 18.2 Å². The summed E-state index contributed by atoms with van der Waals surface area (Å²) < 4.78 is 86.6. The van der Waals surface area contributed by atoms with Crippen LogP contribution in [0.15, 0.2) is 5.11 Å². The largest absolute Gasteiger partial charge is 0.349 e. The Labute approximate surface area is 158 Å². The molecule has 156 valence electrons. The molecule has 1 unspecified atom stereocenters. The summed E-state index contributed by atoms with van der Waals surface area (Å²) in [5.74, 6) is -13.0. The maximum atomic E-state index is 13.9. The first-order valence-electron chi connectivity index (χ1n) is 7.42. The van der Waals surface area contributed by atoms with Gasteiger partial charge in [-0.15, -0.1) is 0 Å². The van der Waals surface area contributed by atoms with E-state index in [1.807, 2.05) is 0 Å². The summed E-state index contributed by atoms with van der Waals surface area (Å²) in [5, 5.41) is 1.89. The molecule has 0 radical (unpaired) electrons. The van der Waals surface area contributed by atoms with Gasteiger partial charge >= 0.3 is 0 Å². The van der Waals surface area contributed by atoms with Crippen LogP contribution < -0.4 is 5.32 Å². The number of halogens is 4. The van der Waals surface area contributed by atoms with E-state index >= 15 is 0 Å². The van der Waals surface area contributed by atoms with Gasteiger partial charge in [0.25, 0.3) is 16.0 Å². The summed E-state index contributed by atoms with van der Waals surface area (Å²) in [4.78, 5) is 37.7. The van der Waals surface area contributed by atoms with E-state index in [1.54, 1.807) is 5.32 Å². The molecule has 1 saturated heterocycles. The minimum Gasteiger partial charge on any atom is -0.349 e. The van der Waals surface area contributed by atoms with Crippen molar-refractivity contribution in [3.05, 3.63) is 39.3 Å². The number of azide groups is 1. The van der Waals surface area contributed by atoms with Crippen LogP contribution in [0.3, 0.4) is 0 Å². The quantitative estimate of drug-likeness (QED) is 0.0988. The van der Waals surface area contributed by atoms with Gasteiger partial charge in [0.05, 0.1) is 17.8 Å². The van der Waals surface area contributed by atoms with Crippen molar-refractivity contribution >= 4 is 33.5 Å². The van der Waals surface area contributed by atoms with Gasteiger partial charge in [-0.3, -0.25) is 23.8 Å². The van der Waals surface area contributed by atoms with Crippen molar-refractivity contribution in [2.24, 2.45) is 5.11 Å². The van der Waals surface area contributed by atoms with Crippen LogP contribution in [0.5, 0.6) is 0 Å². The van der Waals surface area contributed by atoms with Crippen LogP contribution in [0.4, 0.5) is 23.2 Å². The molecule has 3 amide bonds. The Morgan fingerprint density at radius 2 is 1.66 bits per heavy atom. The monoisotopic (exact) mass is 439 g/mol. The Hall–Kier alpha value is -3.23. The molecular formula is C13H9F4N5O6S. The van der Waals surface area contributed by atoms with Crippen LogP contribution in [0.25, 0.3) is 10.4 Å². The van der Waals surface area contributed by atoms with Gasteiger partial charge in [0.2, 0.25) is 11.8 Å². The van der Waals surface area contributed by atoms with Gasteiger partial charge in [0.15, 0.2) is 28.6 Å². The smallest absolute Gasteiger partial charge is 0.288 e. The van der Waals surface area contributed by atoms with Crippen LogP contribution in [-0.2, 0) is 19.7 Å². The normalized spacial score (nSPS) is 15.3. The summed E-state index contributed by atoms with van der Waals surface area (Å²) in [6.07, 6.45) is -0.744. The second-order valence-corrected chi connectivity index (χ2v) is 7.08. The first kappa shape index (κ1) is 22.1. The van der Waals surface area contributed by atoms with E-state index in [0.29, 0.717) is 0 Å². The third kappa shape index (κ3) is 4.13. The van der Waals surface area contributed by atoms with Gasteiger partial charge in [-0.2, -0.15) is 8.42 Å². The lowest BCUT2D eigenvalue weighted by Gasteiger charge is -2.23. The third-order valence-corrected chi connectivity index (χ3v) is 4.84. The van der Waals surface area contributed by atoms with Gasteiger partial charge in [0, 0.05) is 17.8 Å². The van der Waals surface area contributed by atoms with E-state index in [-0.39, 0.29) is 17.7 Å². The van der Waals surface area contributed by atoms with Gasteiger partial charge < -0.3 is 5.32 Å². The zero-order valence-electron chi connectivity index (χ0n) is 13.9. The number of hydrogen-bond acceptors (Lipinski definition) is 6. The van der Waals surface area contributed by atoms with Gasteiger partial charge in [-0.25, -0.2) is 17.6 Å². The molecule has 29 heavy (non-hydrogen) atoms. The summed E-state index contributed by atoms with van der Waals surface area (Å²) in [6.45, 7) is -1.22. The lowest BCUT2D eigenvalue weighted by molar-refractivity contribution is -0.139. The summed E-state index contributed by atoms with van der Waals surface area (Å²) in [7, 11) is -5.16. The van der Waals surface area contributed by atoms with Crippen molar-refractivity contribution < 1.29 is 44.9 Å². The number of rotatable bonds is 6. The van der Waals surface area contributed by atoms with Crippen LogP contribution in [-0.4, -0.2) is 47.5 Å². The van der Waals surface area contributed by atoms with Crippen LogP contribution in [0.1, 0.15) is 23.2 Å². The fraction of sp³-hybridized carbons (Fsp3) is 0.308. The van der Waals surface area contributed by atoms with E-state index in [9.17, 15) is 44.9 Å². The molecule has 0 spiro atoms. The molecule has 11 nitrogen and oxygen atoms in total. The van der Waals surface area contributed by atoms with Crippen LogP contribution >= 0.6 is 0 Å². The highest BCUT2D eigenvalue weighted by molar-refractivity contribution is 7.86. The molecular weight excluding hydrogens is 430 g/mol. The lowest BCUT2D eigenvalue weighted by atomic mass is 10.1. The fourth-order valence-corrected chi connectivity index (χ4v) is 3.27. The molecule has 0 bridgehead atoms. The highest BCUT2D eigenvalue weighted by Gasteiger charge is 2.42. The number of nitrogens with one attached hydrogen (secondary N) is 1. The number of benzene rings is 1. The van der Waals surface area contributed by atoms with Gasteiger partial charge in [0.1, 0.15) is 0 Å². The molecule has 1 heterocycles. The minimum absolute atomic E-state index is 0.145. The van der Waals surface area contributed by atoms with E-state index in [0.717, 1.165) is 0 Å². The number of carbonyl (C=O) groups is 3. The predicted molar refractivity (Wildman–Crippen MR) is 83.8 cm³/mol. The average molecular weight is 439 g/mol. The zero-order chi connectivity index (χ0) is 22.1. The summed E-state index contributed by atoms with van der Waals surface area (Å²) in [5.41, 5.74) is 5.19. The molecule has 1 aromatic carbocycles. The standard InChI is InChI=1S/C13H9F4N5O6S/c14-8-7(12(20-21-18)11(17)10(16)9(8)15)13(25)19-3-6(29(26,27)28)22-4(23)1-2-5(22)24/h6H,1-3H2,(H,19,25)(H,26,27,28). The Morgan fingerprint density at radius 3 is 2.14 bits per heavy atom. The van der Waals surface area contributed by atoms with Crippen molar-refractivity contribution in [1.82, 2.24) is 10.2 Å². The second kappa shape index (κ2) is 8.02. The SMILES string of the molecule is [N-]=[N+]=Nc1c(F)c(F)c(F)c(F)c1C(=O)NCC(N1C(=O)CCC1=O)S(=O)(=O)O. The summed E-state index contributed by atoms with van der Waals surface area (Å²) in [6, 6.07) is 0. The number of amides is 3. The Kier molecular flexibility index (Phi) is 6.10. The Balaban J connectivity index is 2.43. The highest BCUT2D eigenvalue weighted by Crippen LogP contribution is 2.31. The molecule has 2 N–H and O–H groups in total. The molecule has 1 atom stereocenters. The number of carbonyl (C=O) groups excluding carboxylic acids is 3. The number of hydrogen-bond donors (Lipinski definition) is 2. The predicted octanol–water partition coefficient (Wildman–Crippen LogP) is 1.28. The topological polar surface area (TPSA) is 170 Å². The fourth-order valence-electron chi connectivity index (χ4n) is 2.48.